The number of anilines is 2. The van der Waals surface area contributed by atoms with E-state index in [9.17, 15) is 14.0 Å². The van der Waals surface area contributed by atoms with Crippen molar-refractivity contribution in [3.05, 3.63) is 48.3 Å². The lowest BCUT2D eigenvalue weighted by atomic mass is 10.1. The molecule has 2 amide bonds. The number of halogens is 1. The topological polar surface area (TPSA) is 95.5 Å². The molecule has 174 valence electrons. The molecule has 2 N–H and O–H groups in total. The van der Waals surface area contributed by atoms with Crippen molar-refractivity contribution in [1.29, 1.82) is 0 Å². The number of hydrogen-bond donors (Lipinski definition) is 2. The first kappa shape index (κ1) is 22.4. The van der Waals surface area contributed by atoms with E-state index in [1.165, 1.54) is 26.4 Å². The standard InChI is InChI=1S/C23H26FN5O4/c1-32-17-7-8-20(33-2)18(13-17)25-22(31)19-14-21(30)27-23(26-19)29-11-9-28(10-12-29)16-5-3-15(24)4-6-16/h3-8,13,19H,9-12,14H2,1-2H3,(H,25,31)(H,26,27,30). The molecule has 1 atom stereocenters. The first-order valence-electron chi connectivity index (χ1n) is 10.6. The van der Waals surface area contributed by atoms with Crippen molar-refractivity contribution in [2.75, 3.05) is 50.6 Å². The number of rotatable bonds is 5. The van der Waals surface area contributed by atoms with E-state index in [-0.39, 0.29) is 18.1 Å². The van der Waals surface area contributed by atoms with E-state index < -0.39 is 11.9 Å². The normalized spacial score (nSPS) is 18.3. The minimum atomic E-state index is -0.861. The number of aliphatic imine (C=N–C) groups is 1. The van der Waals surface area contributed by atoms with Crippen LogP contribution in [0.2, 0.25) is 0 Å². The van der Waals surface area contributed by atoms with E-state index >= 15 is 0 Å². The van der Waals surface area contributed by atoms with Gasteiger partial charge in [-0.15, -0.1) is 0 Å². The van der Waals surface area contributed by atoms with Gasteiger partial charge in [-0.1, -0.05) is 0 Å². The lowest BCUT2D eigenvalue weighted by Gasteiger charge is -2.38. The van der Waals surface area contributed by atoms with E-state index in [1.54, 1.807) is 30.3 Å². The van der Waals surface area contributed by atoms with Gasteiger partial charge in [0.05, 0.1) is 26.3 Å². The van der Waals surface area contributed by atoms with Gasteiger partial charge < -0.3 is 24.6 Å². The molecule has 0 aliphatic carbocycles. The van der Waals surface area contributed by atoms with Crippen molar-refractivity contribution in [2.45, 2.75) is 12.5 Å². The van der Waals surface area contributed by atoms with E-state index in [0.29, 0.717) is 49.3 Å². The molecule has 2 aliphatic rings. The Morgan fingerprint density at radius 1 is 1.06 bits per heavy atom. The maximum absolute atomic E-state index is 13.2. The minimum absolute atomic E-state index is 0.0445. The average Bonchev–Trinajstić information content (AvgIpc) is 2.84. The van der Waals surface area contributed by atoms with Crippen molar-refractivity contribution in [3.63, 3.8) is 0 Å². The smallest absolute Gasteiger partial charge is 0.249 e. The van der Waals surface area contributed by atoms with Gasteiger partial charge in [0, 0.05) is 37.9 Å². The second-order valence-electron chi connectivity index (χ2n) is 7.73. The molecular weight excluding hydrogens is 429 g/mol. The van der Waals surface area contributed by atoms with E-state index in [1.807, 2.05) is 4.90 Å². The Kier molecular flexibility index (Phi) is 6.62. The highest BCUT2D eigenvalue weighted by molar-refractivity contribution is 6.06. The molecule has 0 aromatic heterocycles. The fraction of sp³-hybridized carbons (Fsp3) is 0.348. The third kappa shape index (κ3) is 5.16. The minimum Gasteiger partial charge on any atom is -0.497 e. The maximum Gasteiger partial charge on any atom is 0.249 e. The lowest BCUT2D eigenvalue weighted by Crippen LogP contribution is -2.56. The Balaban J connectivity index is 1.43. The Bertz CT molecular complexity index is 1050. The molecule has 4 rings (SSSR count). The van der Waals surface area contributed by atoms with Gasteiger partial charge in [0.1, 0.15) is 23.4 Å². The van der Waals surface area contributed by atoms with Gasteiger partial charge in [-0.2, -0.15) is 0 Å². The highest BCUT2D eigenvalue weighted by Gasteiger charge is 2.31. The first-order chi connectivity index (χ1) is 16.0. The van der Waals surface area contributed by atoms with E-state index in [0.717, 1.165) is 5.69 Å². The van der Waals surface area contributed by atoms with E-state index in [4.69, 9.17) is 9.47 Å². The van der Waals surface area contributed by atoms with Gasteiger partial charge in [-0.05, 0) is 36.4 Å². The molecule has 0 saturated carbocycles. The molecule has 1 fully saturated rings. The zero-order valence-corrected chi connectivity index (χ0v) is 18.5. The number of piperazine rings is 1. The summed E-state index contributed by atoms with van der Waals surface area (Å²) in [7, 11) is 3.04. The van der Waals surface area contributed by atoms with Crippen molar-refractivity contribution >= 4 is 29.1 Å². The number of carbonyl (C=O) groups is 2. The van der Waals surface area contributed by atoms with Crippen molar-refractivity contribution in [1.82, 2.24) is 10.2 Å². The van der Waals surface area contributed by atoms with Crippen LogP contribution in [0.3, 0.4) is 0 Å². The summed E-state index contributed by atoms with van der Waals surface area (Å²) >= 11 is 0. The van der Waals surface area contributed by atoms with Crippen LogP contribution in [0.1, 0.15) is 6.42 Å². The SMILES string of the molecule is COc1ccc(OC)c(NC(=O)C2CC(=O)NC(N3CCN(c4ccc(F)cc4)CC3)=N2)c1. The maximum atomic E-state index is 13.2. The van der Waals surface area contributed by atoms with Crippen molar-refractivity contribution in [3.8, 4) is 11.5 Å². The van der Waals surface area contributed by atoms with Gasteiger partial charge in [0.2, 0.25) is 17.8 Å². The van der Waals surface area contributed by atoms with Crippen LogP contribution in [-0.4, -0.2) is 69.1 Å². The number of methoxy groups -OCH3 is 2. The molecule has 2 aromatic carbocycles. The zero-order valence-electron chi connectivity index (χ0n) is 18.5. The zero-order chi connectivity index (χ0) is 23.4. The van der Waals surface area contributed by atoms with Gasteiger partial charge in [0.15, 0.2) is 0 Å². The summed E-state index contributed by atoms with van der Waals surface area (Å²) in [5.41, 5.74) is 1.38. The second-order valence-corrected chi connectivity index (χ2v) is 7.73. The van der Waals surface area contributed by atoms with Crippen molar-refractivity contribution < 1.29 is 23.5 Å². The van der Waals surface area contributed by atoms with E-state index in [2.05, 4.69) is 20.5 Å². The summed E-state index contributed by atoms with van der Waals surface area (Å²) in [6.07, 6.45) is -0.0445. The van der Waals surface area contributed by atoms with Crippen LogP contribution in [0.5, 0.6) is 11.5 Å². The molecule has 0 spiro atoms. The van der Waals surface area contributed by atoms with Crippen LogP contribution in [0.25, 0.3) is 0 Å². The Morgan fingerprint density at radius 2 is 1.76 bits per heavy atom. The fourth-order valence-corrected chi connectivity index (χ4v) is 3.85. The molecule has 0 bridgehead atoms. The van der Waals surface area contributed by atoms with Gasteiger partial charge >= 0.3 is 0 Å². The largest absolute Gasteiger partial charge is 0.497 e. The monoisotopic (exact) mass is 455 g/mol. The molecular formula is C23H26FN5O4. The summed E-state index contributed by atoms with van der Waals surface area (Å²) in [5.74, 6) is 0.495. The van der Waals surface area contributed by atoms with Crippen LogP contribution in [0, 0.1) is 5.82 Å². The number of carbonyl (C=O) groups excluding carboxylic acids is 2. The summed E-state index contributed by atoms with van der Waals surface area (Å²) < 4.78 is 23.7. The Morgan fingerprint density at radius 3 is 2.42 bits per heavy atom. The molecule has 2 aliphatic heterocycles. The number of nitrogens with one attached hydrogen (secondary N) is 2. The number of guanidine groups is 1. The molecule has 10 heteroatoms. The number of ether oxygens (including phenoxy) is 2. The predicted molar refractivity (Wildman–Crippen MR) is 122 cm³/mol. The summed E-state index contributed by atoms with van der Waals surface area (Å²) in [5, 5.41) is 5.58. The predicted octanol–water partition coefficient (Wildman–Crippen LogP) is 1.85. The summed E-state index contributed by atoms with van der Waals surface area (Å²) in [6.45, 7) is 2.57. The number of benzene rings is 2. The Hall–Kier alpha value is -3.82. The van der Waals surface area contributed by atoms with Gasteiger partial charge in [-0.25, -0.2) is 9.38 Å². The highest BCUT2D eigenvalue weighted by atomic mass is 19.1. The van der Waals surface area contributed by atoms with Crippen LogP contribution in [0.15, 0.2) is 47.5 Å². The number of amides is 2. The summed E-state index contributed by atoms with van der Waals surface area (Å²) in [4.78, 5) is 33.9. The highest BCUT2D eigenvalue weighted by Crippen LogP contribution is 2.29. The van der Waals surface area contributed by atoms with Gasteiger partial charge in [0.25, 0.3) is 0 Å². The van der Waals surface area contributed by atoms with Crippen LogP contribution >= 0.6 is 0 Å². The quantitative estimate of drug-likeness (QED) is 0.715. The number of hydrogen-bond acceptors (Lipinski definition) is 7. The molecule has 9 nitrogen and oxygen atoms in total. The fourth-order valence-electron chi connectivity index (χ4n) is 3.85. The number of nitrogens with zero attached hydrogens (tertiary/aromatic N) is 3. The third-order valence-corrected chi connectivity index (χ3v) is 5.65. The van der Waals surface area contributed by atoms with Gasteiger partial charge in [-0.3, -0.25) is 14.9 Å². The van der Waals surface area contributed by atoms with Crippen LogP contribution in [0.4, 0.5) is 15.8 Å². The first-order valence-corrected chi connectivity index (χ1v) is 10.6. The third-order valence-electron chi connectivity index (χ3n) is 5.65. The second kappa shape index (κ2) is 9.76. The Labute approximate surface area is 191 Å². The molecule has 1 unspecified atom stereocenters. The molecule has 1 saturated heterocycles. The average molecular weight is 455 g/mol. The summed E-state index contributed by atoms with van der Waals surface area (Å²) in [6, 6.07) is 10.6. The molecule has 2 heterocycles. The van der Waals surface area contributed by atoms with Crippen LogP contribution < -0.4 is 25.0 Å². The van der Waals surface area contributed by atoms with Crippen LogP contribution in [-0.2, 0) is 9.59 Å². The molecule has 33 heavy (non-hydrogen) atoms. The molecule has 0 radical (unpaired) electrons. The molecule has 2 aromatic rings. The van der Waals surface area contributed by atoms with Crippen molar-refractivity contribution in [2.24, 2.45) is 4.99 Å². The lowest BCUT2D eigenvalue weighted by molar-refractivity contribution is -0.125.